The Kier molecular flexibility index (Phi) is 6.90. The van der Waals surface area contributed by atoms with Gasteiger partial charge in [-0.15, -0.1) is 11.3 Å². The fourth-order valence-electron chi connectivity index (χ4n) is 3.90. The highest BCUT2D eigenvalue weighted by Gasteiger charge is 2.24. The summed E-state index contributed by atoms with van der Waals surface area (Å²) in [6.45, 7) is 5.01. The van der Waals surface area contributed by atoms with E-state index in [0.29, 0.717) is 11.1 Å². The number of hydrogen-bond acceptors (Lipinski definition) is 3. The minimum Gasteiger partial charge on any atom is -0.366 e. The molecule has 3 rings (SSSR count). The molecule has 0 atom stereocenters. The molecule has 0 saturated carbocycles. The molecule has 29 heavy (non-hydrogen) atoms. The summed E-state index contributed by atoms with van der Waals surface area (Å²) in [4.78, 5) is 13.8. The quantitative estimate of drug-likeness (QED) is 0.479. The van der Waals surface area contributed by atoms with Crippen molar-refractivity contribution in [3.8, 4) is 17.2 Å². The molecule has 2 N–H and O–H groups in total. The van der Waals surface area contributed by atoms with E-state index in [4.69, 9.17) is 11.0 Å². The Labute approximate surface area is 176 Å². The van der Waals surface area contributed by atoms with E-state index in [1.54, 1.807) is 23.5 Å². The number of rotatable bonds is 9. The van der Waals surface area contributed by atoms with Crippen LogP contribution in [0.15, 0.2) is 41.8 Å². The summed E-state index contributed by atoms with van der Waals surface area (Å²) in [5.74, 6) is -0.395. The van der Waals surface area contributed by atoms with E-state index in [9.17, 15) is 4.79 Å². The fraction of sp³-hybridized carbons (Fsp3) is 0.333. The highest BCUT2D eigenvalue weighted by molar-refractivity contribution is 7.09. The Morgan fingerprint density at radius 2 is 1.93 bits per heavy atom. The van der Waals surface area contributed by atoms with Crippen molar-refractivity contribution in [2.45, 2.75) is 52.5 Å². The van der Waals surface area contributed by atoms with Crippen molar-refractivity contribution in [2.24, 2.45) is 5.73 Å². The molecule has 4 nitrogen and oxygen atoms in total. The van der Waals surface area contributed by atoms with Crippen molar-refractivity contribution in [3.05, 3.63) is 69.2 Å². The maximum atomic E-state index is 12.4. The lowest BCUT2D eigenvalue weighted by molar-refractivity contribution is 0.1000. The first-order valence-corrected chi connectivity index (χ1v) is 11.0. The topological polar surface area (TPSA) is 71.8 Å². The molecular weight excluding hydrogens is 378 g/mol. The van der Waals surface area contributed by atoms with Crippen LogP contribution in [0.5, 0.6) is 0 Å². The fourth-order valence-corrected chi connectivity index (χ4v) is 4.60. The number of aromatic nitrogens is 1. The van der Waals surface area contributed by atoms with E-state index in [2.05, 4.69) is 35.1 Å². The zero-order chi connectivity index (χ0) is 20.8. The average Bonchev–Trinajstić information content (AvgIpc) is 3.33. The molecule has 2 aromatic heterocycles. The van der Waals surface area contributed by atoms with E-state index in [1.807, 2.05) is 19.1 Å². The van der Waals surface area contributed by atoms with Crippen LogP contribution in [0.3, 0.4) is 0 Å². The summed E-state index contributed by atoms with van der Waals surface area (Å²) in [6.07, 6.45) is 5.19. The lowest BCUT2D eigenvalue weighted by atomic mass is 9.96. The van der Waals surface area contributed by atoms with Gasteiger partial charge in [0, 0.05) is 28.4 Å². The molecule has 0 radical (unpaired) electrons. The summed E-state index contributed by atoms with van der Waals surface area (Å²) in [5.41, 5.74) is 11.0. The number of nitrogens with two attached hydrogens (primary N) is 1. The van der Waals surface area contributed by atoms with Crippen LogP contribution in [0.4, 0.5) is 0 Å². The van der Waals surface area contributed by atoms with Gasteiger partial charge in [-0.25, -0.2) is 0 Å². The first-order valence-electron chi connectivity index (χ1n) is 10.1. The third kappa shape index (κ3) is 4.60. The van der Waals surface area contributed by atoms with Crippen LogP contribution in [-0.4, -0.2) is 10.5 Å². The number of nitriles is 1. The number of primary amides is 1. The van der Waals surface area contributed by atoms with Gasteiger partial charge >= 0.3 is 0 Å². The van der Waals surface area contributed by atoms with E-state index in [-0.39, 0.29) is 0 Å². The molecule has 1 aromatic carbocycles. The van der Waals surface area contributed by atoms with Crippen molar-refractivity contribution < 1.29 is 4.79 Å². The molecule has 0 spiro atoms. The lowest BCUT2D eigenvalue weighted by Gasteiger charge is -2.13. The second-order valence-electron chi connectivity index (χ2n) is 7.27. The van der Waals surface area contributed by atoms with Crippen molar-refractivity contribution in [2.75, 3.05) is 0 Å². The van der Waals surface area contributed by atoms with Gasteiger partial charge in [0.15, 0.2) is 0 Å². The summed E-state index contributed by atoms with van der Waals surface area (Å²) in [7, 11) is 0. The van der Waals surface area contributed by atoms with Crippen LogP contribution in [0.1, 0.15) is 58.4 Å². The van der Waals surface area contributed by atoms with Crippen molar-refractivity contribution in [1.29, 1.82) is 5.26 Å². The molecule has 2 heterocycles. The molecule has 0 aliphatic heterocycles. The van der Waals surface area contributed by atoms with Crippen LogP contribution >= 0.6 is 11.3 Å². The molecule has 0 unspecified atom stereocenters. The van der Waals surface area contributed by atoms with Gasteiger partial charge in [0.1, 0.15) is 0 Å². The number of hydrogen-bond donors (Lipinski definition) is 1. The molecule has 150 valence electrons. The van der Waals surface area contributed by atoms with Gasteiger partial charge in [-0.3, -0.25) is 4.79 Å². The summed E-state index contributed by atoms with van der Waals surface area (Å²) in [5, 5.41) is 11.2. The molecule has 0 bridgehead atoms. The standard InChI is InChI=1S/C24H27N3OS/c1-3-4-5-8-21-23(19-11-9-18(16-25)10-12-19)22(24(26)28)17(2)27(21)14-13-20-7-6-15-29-20/h6-7,9-12,15H,3-5,8,13-14H2,1-2H3,(H2,26,28). The van der Waals surface area contributed by atoms with Gasteiger partial charge in [0.2, 0.25) is 0 Å². The largest absolute Gasteiger partial charge is 0.366 e. The summed E-state index contributed by atoms with van der Waals surface area (Å²) < 4.78 is 2.28. The highest BCUT2D eigenvalue weighted by atomic mass is 32.1. The van der Waals surface area contributed by atoms with Crippen LogP contribution in [0.25, 0.3) is 11.1 Å². The predicted octanol–water partition coefficient (Wildman–Crippen LogP) is 5.47. The Morgan fingerprint density at radius 1 is 1.17 bits per heavy atom. The predicted molar refractivity (Wildman–Crippen MR) is 119 cm³/mol. The SMILES string of the molecule is CCCCCc1c(-c2ccc(C#N)cc2)c(C(N)=O)c(C)n1CCc1cccs1. The van der Waals surface area contributed by atoms with Crippen LogP contribution in [0, 0.1) is 18.3 Å². The Balaban J connectivity index is 2.10. The Bertz CT molecular complexity index is 1010. The number of carbonyl (C=O) groups is 1. The first kappa shape index (κ1) is 20.9. The number of benzene rings is 1. The third-order valence-corrected chi connectivity index (χ3v) is 6.30. The molecular formula is C24H27N3OS. The van der Waals surface area contributed by atoms with Gasteiger partial charge in [-0.05, 0) is 55.3 Å². The van der Waals surface area contributed by atoms with Crippen molar-refractivity contribution >= 4 is 17.2 Å². The maximum Gasteiger partial charge on any atom is 0.251 e. The van der Waals surface area contributed by atoms with Gasteiger partial charge in [0.05, 0.1) is 17.2 Å². The molecule has 3 aromatic rings. The van der Waals surface area contributed by atoms with Crippen LogP contribution in [0.2, 0.25) is 0 Å². The summed E-state index contributed by atoms with van der Waals surface area (Å²) >= 11 is 1.76. The molecule has 1 amide bonds. The van der Waals surface area contributed by atoms with Gasteiger partial charge in [-0.1, -0.05) is 38.0 Å². The first-order chi connectivity index (χ1) is 14.1. The van der Waals surface area contributed by atoms with Crippen molar-refractivity contribution in [3.63, 3.8) is 0 Å². The molecule has 0 fully saturated rings. The number of thiophene rings is 1. The number of nitrogens with zero attached hydrogens (tertiary/aromatic N) is 2. The molecule has 0 saturated heterocycles. The van der Waals surface area contributed by atoms with E-state index >= 15 is 0 Å². The molecule has 0 aliphatic rings. The minimum atomic E-state index is -0.395. The van der Waals surface area contributed by atoms with Gasteiger partial charge in [-0.2, -0.15) is 5.26 Å². The second-order valence-corrected chi connectivity index (χ2v) is 8.31. The van der Waals surface area contributed by atoms with Gasteiger partial charge < -0.3 is 10.3 Å². The zero-order valence-corrected chi connectivity index (χ0v) is 17.9. The number of amides is 1. The molecule has 5 heteroatoms. The number of aryl methyl sites for hydroxylation is 1. The van der Waals surface area contributed by atoms with E-state index in [0.717, 1.165) is 55.5 Å². The minimum absolute atomic E-state index is 0.395. The van der Waals surface area contributed by atoms with Crippen LogP contribution in [-0.2, 0) is 19.4 Å². The maximum absolute atomic E-state index is 12.4. The molecule has 0 aliphatic carbocycles. The number of unbranched alkanes of at least 4 members (excludes halogenated alkanes) is 2. The lowest BCUT2D eigenvalue weighted by Crippen LogP contribution is -2.13. The van der Waals surface area contributed by atoms with Gasteiger partial charge in [0.25, 0.3) is 5.91 Å². The average molecular weight is 406 g/mol. The van der Waals surface area contributed by atoms with Crippen molar-refractivity contribution in [1.82, 2.24) is 4.57 Å². The third-order valence-electron chi connectivity index (χ3n) is 5.36. The number of carbonyl (C=O) groups excluding carboxylic acids is 1. The Hall–Kier alpha value is -2.84. The van der Waals surface area contributed by atoms with E-state index < -0.39 is 5.91 Å². The zero-order valence-electron chi connectivity index (χ0n) is 17.1. The monoisotopic (exact) mass is 405 g/mol. The smallest absolute Gasteiger partial charge is 0.251 e. The Morgan fingerprint density at radius 3 is 2.52 bits per heavy atom. The summed E-state index contributed by atoms with van der Waals surface area (Å²) in [6, 6.07) is 13.8. The highest BCUT2D eigenvalue weighted by Crippen LogP contribution is 2.34. The normalized spacial score (nSPS) is 10.8. The van der Waals surface area contributed by atoms with E-state index in [1.165, 1.54) is 10.6 Å². The van der Waals surface area contributed by atoms with Crippen LogP contribution < -0.4 is 5.73 Å². The second kappa shape index (κ2) is 9.58.